The lowest BCUT2D eigenvalue weighted by Crippen LogP contribution is -2.38. The van der Waals surface area contributed by atoms with Crippen LogP contribution in [0.25, 0.3) is 0 Å². The third-order valence-corrected chi connectivity index (χ3v) is 2.50. The summed E-state index contributed by atoms with van der Waals surface area (Å²) in [5.74, 6) is -0.133. The molecule has 7 heteroatoms. The maximum atomic E-state index is 11.2. The Balaban J connectivity index is 2.68. The Morgan fingerprint density at radius 1 is 1.41 bits per heavy atom. The number of imide groups is 1. The van der Waals surface area contributed by atoms with Crippen LogP contribution in [0.3, 0.4) is 0 Å². The molecule has 0 fully saturated rings. The summed E-state index contributed by atoms with van der Waals surface area (Å²) in [4.78, 5) is 21.6. The van der Waals surface area contributed by atoms with Crippen molar-refractivity contribution in [2.45, 2.75) is 6.54 Å². The Bertz CT molecular complexity index is 437. The summed E-state index contributed by atoms with van der Waals surface area (Å²) in [6, 6.07) is 4.44. The first kappa shape index (κ1) is 13.5. The van der Waals surface area contributed by atoms with Crippen LogP contribution in [0.2, 0.25) is 0 Å². The number of primary amides is 1. The Morgan fingerprint density at radius 3 is 2.71 bits per heavy atom. The molecule has 3 amide bonds. The van der Waals surface area contributed by atoms with Crippen molar-refractivity contribution in [3.8, 4) is 5.75 Å². The number of rotatable bonds is 4. The number of ether oxygens (including phenoxy) is 1. The van der Waals surface area contributed by atoms with Crippen LogP contribution in [0.15, 0.2) is 22.7 Å². The fourth-order valence-electron chi connectivity index (χ4n) is 1.19. The molecule has 0 aliphatic carbocycles. The zero-order chi connectivity index (χ0) is 12.8. The van der Waals surface area contributed by atoms with Gasteiger partial charge in [0.1, 0.15) is 5.75 Å². The predicted octanol–water partition coefficient (Wildman–Crippen LogP) is 0.482. The predicted molar refractivity (Wildman–Crippen MR) is 65.3 cm³/mol. The third-order valence-electron chi connectivity index (χ3n) is 1.88. The van der Waals surface area contributed by atoms with E-state index in [-0.39, 0.29) is 13.2 Å². The van der Waals surface area contributed by atoms with E-state index in [2.05, 4.69) is 15.9 Å². The van der Waals surface area contributed by atoms with Crippen molar-refractivity contribution in [2.75, 3.05) is 6.61 Å². The molecule has 0 bridgehead atoms. The summed E-state index contributed by atoms with van der Waals surface area (Å²) in [5, 5.41) is 1.90. The van der Waals surface area contributed by atoms with Gasteiger partial charge in [-0.25, -0.2) is 4.79 Å². The van der Waals surface area contributed by atoms with Gasteiger partial charge in [0, 0.05) is 12.1 Å². The molecule has 0 saturated heterocycles. The lowest BCUT2D eigenvalue weighted by atomic mass is 10.2. The topological polar surface area (TPSA) is 107 Å². The van der Waals surface area contributed by atoms with Crippen molar-refractivity contribution < 1.29 is 14.3 Å². The minimum absolute atomic E-state index is 0.284. The normalized spacial score (nSPS) is 9.76. The zero-order valence-electron chi connectivity index (χ0n) is 8.90. The molecule has 1 aromatic carbocycles. The van der Waals surface area contributed by atoms with Gasteiger partial charge in [0.05, 0.1) is 4.47 Å². The Kier molecular flexibility index (Phi) is 4.92. The molecule has 0 atom stereocenters. The van der Waals surface area contributed by atoms with Crippen molar-refractivity contribution in [1.82, 2.24) is 5.32 Å². The average molecular weight is 302 g/mol. The average Bonchev–Trinajstić information content (AvgIpc) is 2.26. The van der Waals surface area contributed by atoms with Crippen molar-refractivity contribution in [1.29, 1.82) is 0 Å². The number of halogens is 1. The molecular formula is C10H12BrN3O3. The second-order valence-corrected chi connectivity index (χ2v) is 3.99. The highest BCUT2D eigenvalue weighted by Crippen LogP contribution is 2.28. The van der Waals surface area contributed by atoms with Gasteiger partial charge in [-0.2, -0.15) is 0 Å². The highest BCUT2D eigenvalue weighted by Gasteiger charge is 2.10. The van der Waals surface area contributed by atoms with E-state index in [9.17, 15) is 9.59 Å². The molecule has 0 spiro atoms. The number of nitrogens with two attached hydrogens (primary N) is 2. The maximum absolute atomic E-state index is 11.2. The summed E-state index contributed by atoms with van der Waals surface area (Å²) in [6.07, 6.45) is 0. The number of amides is 3. The number of urea groups is 1. The smallest absolute Gasteiger partial charge is 0.318 e. The SMILES string of the molecule is NCc1cccc(Br)c1OCC(=O)NC(N)=O. The molecular weight excluding hydrogens is 290 g/mol. The summed E-state index contributed by atoms with van der Waals surface area (Å²) >= 11 is 3.29. The molecule has 0 aliphatic rings. The second kappa shape index (κ2) is 6.21. The quantitative estimate of drug-likeness (QED) is 0.752. The summed E-state index contributed by atoms with van der Waals surface area (Å²) in [6.45, 7) is -0.0231. The number of para-hydroxylation sites is 1. The monoisotopic (exact) mass is 301 g/mol. The summed E-state index contributed by atoms with van der Waals surface area (Å²) in [7, 11) is 0. The number of hydrogen-bond acceptors (Lipinski definition) is 4. The minimum atomic E-state index is -0.912. The van der Waals surface area contributed by atoms with E-state index < -0.39 is 11.9 Å². The molecule has 6 nitrogen and oxygen atoms in total. The molecule has 0 heterocycles. The Morgan fingerprint density at radius 2 is 2.12 bits per heavy atom. The van der Waals surface area contributed by atoms with Gasteiger partial charge >= 0.3 is 6.03 Å². The number of hydrogen-bond donors (Lipinski definition) is 3. The molecule has 0 aromatic heterocycles. The van der Waals surface area contributed by atoms with Crippen LogP contribution in [0.5, 0.6) is 5.75 Å². The van der Waals surface area contributed by atoms with Gasteiger partial charge in [-0.15, -0.1) is 0 Å². The molecule has 92 valence electrons. The molecule has 1 rings (SSSR count). The molecule has 0 unspecified atom stereocenters. The molecule has 5 N–H and O–H groups in total. The van der Waals surface area contributed by atoms with Gasteiger partial charge < -0.3 is 16.2 Å². The summed E-state index contributed by atoms with van der Waals surface area (Å²) < 4.78 is 5.96. The van der Waals surface area contributed by atoms with Crippen LogP contribution in [0.1, 0.15) is 5.56 Å². The minimum Gasteiger partial charge on any atom is -0.482 e. The van der Waals surface area contributed by atoms with Crippen molar-refractivity contribution in [3.05, 3.63) is 28.2 Å². The lowest BCUT2D eigenvalue weighted by Gasteiger charge is -2.11. The second-order valence-electron chi connectivity index (χ2n) is 3.13. The first-order chi connectivity index (χ1) is 8.04. The molecule has 0 radical (unpaired) electrons. The van der Waals surface area contributed by atoms with Gasteiger partial charge in [0.25, 0.3) is 5.91 Å². The van der Waals surface area contributed by atoms with Gasteiger partial charge in [-0.1, -0.05) is 12.1 Å². The van der Waals surface area contributed by atoms with Crippen LogP contribution in [0, 0.1) is 0 Å². The van der Waals surface area contributed by atoms with E-state index >= 15 is 0 Å². The molecule has 0 saturated carbocycles. The largest absolute Gasteiger partial charge is 0.482 e. The third kappa shape index (κ3) is 4.04. The fraction of sp³-hybridized carbons (Fsp3) is 0.200. The van der Waals surface area contributed by atoms with Gasteiger partial charge in [-0.3, -0.25) is 10.1 Å². The number of benzene rings is 1. The van der Waals surface area contributed by atoms with Crippen LogP contribution >= 0.6 is 15.9 Å². The first-order valence-corrected chi connectivity index (χ1v) is 5.53. The van der Waals surface area contributed by atoms with E-state index in [1.54, 1.807) is 12.1 Å². The number of carbonyl (C=O) groups is 2. The Labute approximate surface area is 106 Å². The van der Waals surface area contributed by atoms with E-state index in [0.717, 1.165) is 5.56 Å². The van der Waals surface area contributed by atoms with Crippen molar-refractivity contribution in [3.63, 3.8) is 0 Å². The van der Waals surface area contributed by atoms with E-state index in [1.807, 2.05) is 11.4 Å². The van der Waals surface area contributed by atoms with E-state index in [1.165, 1.54) is 0 Å². The van der Waals surface area contributed by atoms with Crippen LogP contribution in [0.4, 0.5) is 4.79 Å². The van der Waals surface area contributed by atoms with E-state index in [4.69, 9.17) is 16.2 Å². The summed E-state index contributed by atoms with van der Waals surface area (Å²) in [5.41, 5.74) is 11.1. The van der Waals surface area contributed by atoms with Crippen LogP contribution in [-0.2, 0) is 11.3 Å². The van der Waals surface area contributed by atoms with Crippen molar-refractivity contribution >= 4 is 27.9 Å². The maximum Gasteiger partial charge on any atom is 0.318 e. The van der Waals surface area contributed by atoms with Crippen molar-refractivity contribution in [2.24, 2.45) is 11.5 Å². The fourth-order valence-corrected chi connectivity index (χ4v) is 1.71. The highest BCUT2D eigenvalue weighted by molar-refractivity contribution is 9.10. The zero-order valence-corrected chi connectivity index (χ0v) is 10.5. The Hall–Kier alpha value is -1.60. The van der Waals surface area contributed by atoms with Crippen LogP contribution in [-0.4, -0.2) is 18.5 Å². The van der Waals surface area contributed by atoms with Gasteiger partial charge in [0.15, 0.2) is 6.61 Å². The molecule has 17 heavy (non-hydrogen) atoms. The number of carbonyl (C=O) groups excluding carboxylic acids is 2. The van der Waals surface area contributed by atoms with E-state index in [0.29, 0.717) is 10.2 Å². The standard InChI is InChI=1S/C10H12BrN3O3/c11-7-3-1-2-6(4-12)9(7)17-5-8(15)14-10(13)16/h1-3H,4-5,12H2,(H3,13,14,15,16). The molecule has 0 aliphatic heterocycles. The first-order valence-electron chi connectivity index (χ1n) is 4.74. The van der Waals surface area contributed by atoms with Gasteiger partial charge in [0.2, 0.25) is 0 Å². The number of nitrogens with one attached hydrogen (secondary N) is 1. The van der Waals surface area contributed by atoms with Gasteiger partial charge in [-0.05, 0) is 22.0 Å². The highest BCUT2D eigenvalue weighted by atomic mass is 79.9. The van der Waals surface area contributed by atoms with Crippen LogP contribution < -0.4 is 21.5 Å². The molecule has 1 aromatic rings. The lowest BCUT2D eigenvalue weighted by molar-refractivity contribution is -0.121.